The zero-order chi connectivity index (χ0) is 12.4. The van der Waals surface area contributed by atoms with Gasteiger partial charge in [-0.05, 0) is 29.1 Å². The average Bonchev–Trinajstić information content (AvgIpc) is 2.86. The molecule has 1 aromatic carbocycles. The van der Waals surface area contributed by atoms with E-state index < -0.39 is 0 Å². The normalized spacial score (nSPS) is 10.9. The van der Waals surface area contributed by atoms with E-state index in [9.17, 15) is 0 Å². The number of para-hydroxylation sites is 1. The van der Waals surface area contributed by atoms with Crippen LogP contribution < -0.4 is 5.73 Å². The summed E-state index contributed by atoms with van der Waals surface area (Å²) in [5, 5.41) is 3.28. The molecule has 0 bridgehead atoms. The Morgan fingerprint density at radius 3 is 2.83 bits per heavy atom. The minimum absolute atomic E-state index is 0.612. The van der Waals surface area contributed by atoms with E-state index in [0.717, 1.165) is 17.6 Å². The Balaban J connectivity index is 1.95. The zero-order valence-corrected chi connectivity index (χ0v) is 10.8. The third-order valence-corrected chi connectivity index (χ3v) is 4.04. The van der Waals surface area contributed by atoms with Gasteiger partial charge < -0.3 is 5.73 Å². The summed E-state index contributed by atoms with van der Waals surface area (Å²) in [6.45, 7) is 0.612. The van der Waals surface area contributed by atoms with Gasteiger partial charge in [-0.15, -0.1) is 11.3 Å². The summed E-state index contributed by atoms with van der Waals surface area (Å²) in [5.74, 6) is 0. The molecule has 0 atom stereocenters. The molecule has 0 saturated heterocycles. The Kier molecular flexibility index (Phi) is 3.09. The highest BCUT2D eigenvalue weighted by Crippen LogP contribution is 2.20. The maximum absolute atomic E-state index is 5.73. The van der Waals surface area contributed by atoms with E-state index in [4.69, 9.17) is 5.73 Å². The maximum atomic E-state index is 5.73. The number of aromatic nitrogens is 1. The van der Waals surface area contributed by atoms with Crippen molar-refractivity contribution < 1.29 is 0 Å². The molecule has 0 unspecified atom stereocenters. The largest absolute Gasteiger partial charge is 0.326 e. The highest BCUT2D eigenvalue weighted by atomic mass is 32.1. The van der Waals surface area contributed by atoms with Gasteiger partial charge in [0.25, 0.3) is 0 Å². The number of nitrogens with two attached hydrogens (primary N) is 1. The lowest BCUT2D eigenvalue weighted by Gasteiger charge is -2.03. The molecule has 90 valence electrons. The van der Waals surface area contributed by atoms with Gasteiger partial charge in [-0.1, -0.05) is 24.3 Å². The monoisotopic (exact) mass is 254 g/mol. The van der Waals surface area contributed by atoms with Gasteiger partial charge in [-0.3, -0.25) is 4.98 Å². The smallest absolute Gasteiger partial charge is 0.0705 e. The second-order valence-corrected chi connectivity index (χ2v) is 5.25. The summed E-state index contributed by atoms with van der Waals surface area (Å²) >= 11 is 1.72. The van der Waals surface area contributed by atoms with E-state index in [-0.39, 0.29) is 0 Å². The van der Waals surface area contributed by atoms with Crippen LogP contribution in [-0.4, -0.2) is 4.98 Å². The zero-order valence-electron chi connectivity index (χ0n) is 9.97. The number of hydrogen-bond acceptors (Lipinski definition) is 3. The topological polar surface area (TPSA) is 38.9 Å². The van der Waals surface area contributed by atoms with E-state index in [0.29, 0.717) is 6.54 Å². The first-order valence-electron chi connectivity index (χ1n) is 5.97. The summed E-state index contributed by atoms with van der Waals surface area (Å²) in [6.07, 6.45) is 0.862. The maximum Gasteiger partial charge on any atom is 0.0705 e. The fourth-order valence-electron chi connectivity index (χ4n) is 2.11. The third kappa shape index (κ3) is 2.15. The Morgan fingerprint density at radius 1 is 1.06 bits per heavy atom. The van der Waals surface area contributed by atoms with Crippen LogP contribution in [-0.2, 0) is 13.0 Å². The molecule has 0 aliphatic rings. The summed E-state index contributed by atoms with van der Waals surface area (Å²) in [5.41, 5.74) is 9.18. The molecule has 0 radical (unpaired) electrons. The molecule has 0 fully saturated rings. The molecule has 18 heavy (non-hydrogen) atoms. The van der Waals surface area contributed by atoms with Crippen molar-refractivity contribution in [2.75, 3.05) is 0 Å². The number of rotatable bonds is 3. The van der Waals surface area contributed by atoms with Gasteiger partial charge >= 0.3 is 0 Å². The van der Waals surface area contributed by atoms with Gasteiger partial charge in [0.05, 0.1) is 5.52 Å². The molecule has 2 heterocycles. The Hall–Kier alpha value is -1.71. The van der Waals surface area contributed by atoms with Crippen molar-refractivity contribution in [3.05, 3.63) is 64.0 Å². The Morgan fingerprint density at radius 2 is 1.94 bits per heavy atom. The van der Waals surface area contributed by atoms with Crippen molar-refractivity contribution in [3.8, 4) is 0 Å². The molecular formula is C15H14N2S. The summed E-state index contributed by atoms with van der Waals surface area (Å²) < 4.78 is 0. The first kappa shape index (κ1) is 11.4. The molecule has 0 amide bonds. The van der Waals surface area contributed by atoms with E-state index in [1.165, 1.54) is 15.8 Å². The predicted octanol–water partition coefficient (Wildman–Crippen LogP) is 3.35. The highest BCUT2D eigenvalue weighted by molar-refractivity contribution is 7.10. The summed E-state index contributed by atoms with van der Waals surface area (Å²) in [4.78, 5) is 5.94. The molecule has 0 spiro atoms. The van der Waals surface area contributed by atoms with Crippen LogP contribution in [0.3, 0.4) is 0 Å². The van der Waals surface area contributed by atoms with Crippen LogP contribution in [0.25, 0.3) is 10.9 Å². The molecule has 2 aromatic heterocycles. The summed E-state index contributed by atoms with van der Waals surface area (Å²) in [7, 11) is 0. The van der Waals surface area contributed by atoms with Gasteiger partial charge in [0.15, 0.2) is 0 Å². The third-order valence-electron chi connectivity index (χ3n) is 3.05. The number of nitrogens with zero attached hydrogens (tertiary/aromatic N) is 1. The summed E-state index contributed by atoms with van der Waals surface area (Å²) in [6, 6.07) is 14.6. The average molecular weight is 254 g/mol. The molecule has 3 heteroatoms. The fourth-order valence-corrected chi connectivity index (χ4v) is 2.89. The molecule has 3 aromatic rings. The molecule has 0 saturated carbocycles. The molecular weight excluding hydrogens is 240 g/mol. The number of fused-ring (bicyclic) bond motifs is 1. The minimum atomic E-state index is 0.612. The second kappa shape index (κ2) is 4.88. The standard InChI is InChI=1S/C15H14N2S/c16-10-15-12(7-8-18-15)9-13-6-5-11-3-1-2-4-14(11)17-13/h1-8H,9-10,16H2. The molecule has 0 aliphatic heterocycles. The van der Waals surface area contributed by atoms with E-state index in [1.807, 2.05) is 12.1 Å². The van der Waals surface area contributed by atoms with E-state index >= 15 is 0 Å². The van der Waals surface area contributed by atoms with Gasteiger partial charge in [0, 0.05) is 28.9 Å². The van der Waals surface area contributed by atoms with Gasteiger partial charge in [-0.25, -0.2) is 0 Å². The molecule has 2 nitrogen and oxygen atoms in total. The first-order valence-corrected chi connectivity index (χ1v) is 6.85. The SMILES string of the molecule is NCc1sccc1Cc1ccc2ccccc2n1. The van der Waals surface area contributed by atoms with Gasteiger partial charge in [0.1, 0.15) is 0 Å². The Bertz CT molecular complexity index is 673. The van der Waals surface area contributed by atoms with Crippen LogP contribution in [0.15, 0.2) is 47.8 Å². The minimum Gasteiger partial charge on any atom is -0.326 e. The molecule has 0 aliphatic carbocycles. The van der Waals surface area contributed by atoms with Crippen LogP contribution in [0.5, 0.6) is 0 Å². The van der Waals surface area contributed by atoms with Crippen molar-refractivity contribution in [1.82, 2.24) is 4.98 Å². The number of pyridine rings is 1. The van der Waals surface area contributed by atoms with Crippen molar-refractivity contribution in [2.24, 2.45) is 5.73 Å². The van der Waals surface area contributed by atoms with E-state index in [2.05, 4.69) is 40.7 Å². The Labute approximate surface area is 110 Å². The van der Waals surface area contributed by atoms with E-state index in [1.54, 1.807) is 11.3 Å². The van der Waals surface area contributed by atoms with Crippen LogP contribution in [0.2, 0.25) is 0 Å². The lowest BCUT2D eigenvalue weighted by molar-refractivity contribution is 1.03. The predicted molar refractivity (Wildman–Crippen MR) is 76.8 cm³/mol. The first-order chi connectivity index (χ1) is 8.86. The number of benzene rings is 1. The van der Waals surface area contributed by atoms with Crippen molar-refractivity contribution in [2.45, 2.75) is 13.0 Å². The van der Waals surface area contributed by atoms with Crippen LogP contribution >= 0.6 is 11.3 Å². The van der Waals surface area contributed by atoms with Gasteiger partial charge in [0.2, 0.25) is 0 Å². The molecule has 2 N–H and O–H groups in total. The lowest BCUT2D eigenvalue weighted by atomic mass is 10.1. The highest BCUT2D eigenvalue weighted by Gasteiger charge is 2.05. The van der Waals surface area contributed by atoms with Crippen LogP contribution in [0.4, 0.5) is 0 Å². The number of thiophene rings is 1. The second-order valence-electron chi connectivity index (χ2n) is 4.25. The van der Waals surface area contributed by atoms with Crippen LogP contribution in [0.1, 0.15) is 16.1 Å². The lowest BCUT2D eigenvalue weighted by Crippen LogP contribution is -1.99. The van der Waals surface area contributed by atoms with Crippen molar-refractivity contribution >= 4 is 22.2 Å². The van der Waals surface area contributed by atoms with Gasteiger partial charge in [-0.2, -0.15) is 0 Å². The van der Waals surface area contributed by atoms with Crippen LogP contribution in [0, 0.1) is 0 Å². The van der Waals surface area contributed by atoms with Crippen molar-refractivity contribution in [3.63, 3.8) is 0 Å². The fraction of sp³-hybridized carbons (Fsp3) is 0.133. The van der Waals surface area contributed by atoms with Crippen molar-refractivity contribution in [1.29, 1.82) is 0 Å². The quantitative estimate of drug-likeness (QED) is 0.778. The number of hydrogen-bond donors (Lipinski definition) is 1. The molecule has 3 rings (SSSR count).